The number of hydrogen-bond acceptors (Lipinski definition) is 3. The maximum absolute atomic E-state index is 12.3. The van der Waals surface area contributed by atoms with Crippen molar-refractivity contribution in [3.8, 4) is 0 Å². The molecule has 124 valence electrons. The summed E-state index contributed by atoms with van der Waals surface area (Å²) in [4.78, 5) is 26.2. The van der Waals surface area contributed by atoms with Crippen molar-refractivity contribution in [3.05, 3.63) is 35.9 Å². The van der Waals surface area contributed by atoms with Gasteiger partial charge in [0, 0.05) is 18.7 Å². The first-order valence-electron chi connectivity index (χ1n) is 8.50. The summed E-state index contributed by atoms with van der Waals surface area (Å²) >= 11 is 0. The average molecular weight is 315 g/mol. The average Bonchev–Trinajstić information content (AvgIpc) is 2.61. The fourth-order valence-corrected chi connectivity index (χ4v) is 3.65. The monoisotopic (exact) mass is 315 g/mol. The van der Waals surface area contributed by atoms with Gasteiger partial charge in [0.05, 0.1) is 6.54 Å². The Morgan fingerprint density at radius 3 is 2.35 bits per heavy atom. The minimum Gasteiger partial charge on any atom is -0.343 e. The molecule has 2 aliphatic heterocycles. The predicted molar refractivity (Wildman–Crippen MR) is 89.1 cm³/mol. The van der Waals surface area contributed by atoms with Gasteiger partial charge in [0.2, 0.25) is 5.91 Å². The Kier molecular flexibility index (Phi) is 4.96. The van der Waals surface area contributed by atoms with Crippen molar-refractivity contribution in [3.63, 3.8) is 0 Å². The first-order chi connectivity index (χ1) is 11.2. The maximum atomic E-state index is 12.3. The Hall–Kier alpha value is -1.88. The predicted octanol–water partition coefficient (Wildman–Crippen LogP) is 1.41. The van der Waals surface area contributed by atoms with E-state index < -0.39 is 0 Å². The molecule has 2 fully saturated rings. The van der Waals surface area contributed by atoms with E-state index in [4.69, 9.17) is 0 Å². The second-order valence-electron chi connectivity index (χ2n) is 6.68. The van der Waals surface area contributed by atoms with Gasteiger partial charge in [-0.1, -0.05) is 18.2 Å². The zero-order valence-corrected chi connectivity index (χ0v) is 13.5. The van der Waals surface area contributed by atoms with Gasteiger partial charge < -0.3 is 15.5 Å². The molecule has 1 aromatic carbocycles. The van der Waals surface area contributed by atoms with Crippen molar-refractivity contribution in [2.75, 3.05) is 32.7 Å². The van der Waals surface area contributed by atoms with Crippen LogP contribution < -0.4 is 10.6 Å². The van der Waals surface area contributed by atoms with Gasteiger partial charge in [-0.3, -0.25) is 9.59 Å². The van der Waals surface area contributed by atoms with E-state index in [1.165, 1.54) is 12.8 Å². The van der Waals surface area contributed by atoms with Crippen LogP contribution in [-0.2, 0) is 4.79 Å². The first kappa shape index (κ1) is 16.0. The summed E-state index contributed by atoms with van der Waals surface area (Å²) in [5.41, 5.74) is 1.03. The lowest BCUT2D eigenvalue weighted by Crippen LogP contribution is -2.49. The number of nitrogens with one attached hydrogen (secondary N) is 2. The van der Waals surface area contributed by atoms with Gasteiger partial charge in [0.1, 0.15) is 0 Å². The van der Waals surface area contributed by atoms with Crippen LogP contribution in [0.25, 0.3) is 0 Å². The zero-order chi connectivity index (χ0) is 16.1. The van der Waals surface area contributed by atoms with Gasteiger partial charge in [-0.2, -0.15) is 0 Å². The van der Waals surface area contributed by atoms with Crippen LogP contribution in [-0.4, -0.2) is 49.4 Å². The van der Waals surface area contributed by atoms with Crippen molar-refractivity contribution >= 4 is 11.8 Å². The fraction of sp³-hybridized carbons (Fsp3) is 0.556. The van der Waals surface area contributed by atoms with Crippen LogP contribution >= 0.6 is 0 Å². The molecule has 1 spiro atoms. The van der Waals surface area contributed by atoms with Crippen LogP contribution in [0.1, 0.15) is 36.0 Å². The van der Waals surface area contributed by atoms with E-state index in [0.717, 1.165) is 39.0 Å². The highest BCUT2D eigenvalue weighted by molar-refractivity contribution is 5.96. The fourth-order valence-electron chi connectivity index (χ4n) is 3.65. The van der Waals surface area contributed by atoms with E-state index in [1.54, 1.807) is 12.1 Å². The van der Waals surface area contributed by atoms with E-state index in [0.29, 0.717) is 11.0 Å². The quantitative estimate of drug-likeness (QED) is 0.886. The Balaban J connectivity index is 1.45. The van der Waals surface area contributed by atoms with Crippen LogP contribution in [0.5, 0.6) is 0 Å². The van der Waals surface area contributed by atoms with Crippen molar-refractivity contribution in [2.45, 2.75) is 25.7 Å². The highest BCUT2D eigenvalue weighted by atomic mass is 16.2. The minimum absolute atomic E-state index is 0.0260. The molecule has 0 bridgehead atoms. The zero-order valence-electron chi connectivity index (χ0n) is 13.5. The summed E-state index contributed by atoms with van der Waals surface area (Å²) in [6, 6.07) is 9.01. The molecule has 5 heteroatoms. The molecule has 3 rings (SSSR count). The summed E-state index contributed by atoms with van der Waals surface area (Å²) in [6.45, 7) is 3.92. The SMILES string of the molecule is O=C(NCC(=O)N1CCC2(CCNCC2)CC1)c1ccccc1. The summed E-state index contributed by atoms with van der Waals surface area (Å²) in [5, 5.41) is 6.14. The molecule has 2 amide bonds. The lowest BCUT2D eigenvalue weighted by atomic mass is 9.71. The largest absolute Gasteiger partial charge is 0.343 e. The van der Waals surface area contributed by atoms with Crippen molar-refractivity contribution in [2.24, 2.45) is 5.41 Å². The van der Waals surface area contributed by atoms with Crippen LogP contribution in [0, 0.1) is 5.41 Å². The van der Waals surface area contributed by atoms with Gasteiger partial charge in [-0.25, -0.2) is 0 Å². The Morgan fingerprint density at radius 2 is 1.70 bits per heavy atom. The van der Waals surface area contributed by atoms with E-state index in [9.17, 15) is 9.59 Å². The van der Waals surface area contributed by atoms with Gasteiger partial charge >= 0.3 is 0 Å². The molecule has 2 saturated heterocycles. The van der Waals surface area contributed by atoms with Gasteiger partial charge in [-0.15, -0.1) is 0 Å². The summed E-state index contributed by atoms with van der Waals surface area (Å²) in [7, 11) is 0. The van der Waals surface area contributed by atoms with Gasteiger partial charge in [0.25, 0.3) is 5.91 Å². The second kappa shape index (κ2) is 7.13. The number of benzene rings is 1. The van der Waals surface area contributed by atoms with Crippen molar-refractivity contribution in [1.29, 1.82) is 0 Å². The van der Waals surface area contributed by atoms with Crippen molar-refractivity contribution in [1.82, 2.24) is 15.5 Å². The number of nitrogens with zero attached hydrogens (tertiary/aromatic N) is 1. The molecular weight excluding hydrogens is 290 g/mol. The van der Waals surface area contributed by atoms with Crippen LogP contribution in [0.4, 0.5) is 0 Å². The highest BCUT2D eigenvalue weighted by Gasteiger charge is 2.36. The second-order valence-corrected chi connectivity index (χ2v) is 6.68. The Morgan fingerprint density at radius 1 is 1.04 bits per heavy atom. The topological polar surface area (TPSA) is 61.4 Å². The molecule has 0 aliphatic carbocycles. The summed E-state index contributed by atoms with van der Waals surface area (Å²) in [6.07, 6.45) is 4.62. The molecule has 0 atom stereocenters. The Bertz CT molecular complexity index is 543. The Labute approximate surface area is 137 Å². The summed E-state index contributed by atoms with van der Waals surface area (Å²) < 4.78 is 0. The van der Waals surface area contributed by atoms with E-state index in [1.807, 2.05) is 23.1 Å². The molecule has 1 aromatic rings. The lowest BCUT2D eigenvalue weighted by Gasteiger charge is -2.44. The third-order valence-corrected chi connectivity index (χ3v) is 5.28. The molecule has 2 aliphatic rings. The lowest BCUT2D eigenvalue weighted by molar-refractivity contribution is -0.132. The van der Waals surface area contributed by atoms with Crippen LogP contribution in [0.2, 0.25) is 0 Å². The summed E-state index contributed by atoms with van der Waals surface area (Å²) in [5.74, 6) is -0.163. The third-order valence-electron chi connectivity index (χ3n) is 5.28. The number of rotatable bonds is 3. The smallest absolute Gasteiger partial charge is 0.251 e. The molecule has 0 aromatic heterocycles. The van der Waals surface area contributed by atoms with E-state index in [2.05, 4.69) is 10.6 Å². The molecule has 0 saturated carbocycles. The molecular formula is C18H25N3O2. The normalized spacial score (nSPS) is 20.3. The number of piperidine rings is 2. The number of carbonyl (C=O) groups is 2. The molecule has 0 radical (unpaired) electrons. The standard InChI is InChI=1S/C18H25N3O2/c22-16(14-20-17(23)15-4-2-1-3-5-15)21-12-8-18(9-13-21)6-10-19-11-7-18/h1-5,19H,6-14H2,(H,20,23). The van der Waals surface area contributed by atoms with E-state index >= 15 is 0 Å². The van der Waals surface area contributed by atoms with Crippen LogP contribution in [0.3, 0.4) is 0 Å². The van der Waals surface area contributed by atoms with Gasteiger partial charge in [-0.05, 0) is 56.3 Å². The molecule has 2 N–H and O–H groups in total. The number of hydrogen-bond donors (Lipinski definition) is 2. The number of amides is 2. The molecule has 5 nitrogen and oxygen atoms in total. The number of carbonyl (C=O) groups excluding carboxylic acids is 2. The maximum Gasteiger partial charge on any atom is 0.251 e. The van der Waals surface area contributed by atoms with Crippen LogP contribution in [0.15, 0.2) is 30.3 Å². The molecule has 23 heavy (non-hydrogen) atoms. The first-order valence-corrected chi connectivity index (χ1v) is 8.50. The van der Waals surface area contributed by atoms with Crippen molar-refractivity contribution < 1.29 is 9.59 Å². The highest BCUT2D eigenvalue weighted by Crippen LogP contribution is 2.39. The minimum atomic E-state index is -0.189. The van der Waals surface area contributed by atoms with E-state index in [-0.39, 0.29) is 18.4 Å². The molecule has 2 heterocycles. The number of likely N-dealkylation sites (tertiary alicyclic amines) is 1. The molecule has 0 unspecified atom stereocenters. The third kappa shape index (κ3) is 3.91. The van der Waals surface area contributed by atoms with Gasteiger partial charge in [0.15, 0.2) is 0 Å².